The molecule has 2 N–H and O–H groups in total. The minimum absolute atomic E-state index is 0.114. The van der Waals surface area contributed by atoms with E-state index in [0.717, 1.165) is 29.6 Å². The molecule has 1 heterocycles. The average Bonchev–Trinajstić information content (AvgIpc) is 3.29. The van der Waals surface area contributed by atoms with Crippen LogP contribution >= 0.6 is 0 Å². The quantitative estimate of drug-likeness (QED) is 0.755. The first-order valence-electron chi connectivity index (χ1n) is 10.3. The number of urea groups is 1. The zero-order valence-corrected chi connectivity index (χ0v) is 15.9. The SMILES string of the molecule is CC1CCC2(CC1)NC(=O)N(CC(=O)N[C@@H](C)[C@@H]1C[C@H]3CC[C@H]1C3)C2=O. The van der Waals surface area contributed by atoms with Crippen molar-refractivity contribution in [1.29, 1.82) is 0 Å². The third kappa shape index (κ3) is 3.01. The lowest BCUT2D eigenvalue weighted by Gasteiger charge is -2.33. The lowest BCUT2D eigenvalue weighted by Crippen LogP contribution is -2.50. The molecule has 6 heteroatoms. The summed E-state index contributed by atoms with van der Waals surface area (Å²) in [4.78, 5) is 38.8. The number of carbonyl (C=O) groups is 3. The van der Waals surface area contributed by atoms with E-state index < -0.39 is 11.6 Å². The maximum atomic E-state index is 12.8. The van der Waals surface area contributed by atoms with Crippen molar-refractivity contribution in [1.82, 2.24) is 15.5 Å². The summed E-state index contributed by atoms with van der Waals surface area (Å²) in [6.07, 6.45) is 8.36. The third-order valence-corrected chi connectivity index (χ3v) is 7.50. The van der Waals surface area contributed by atoms with Crippen LogP contribution in [0, 0.1) is 23.7 Å². The molecule has 1 spiro atoms. The molecule has 0 aromatic carbocycles. The fraction of sp³-hybridized carbons (Fsp3) is 0.850. The van der Waals surface area contributed by atoms with Gasteiger partial charge in [0.2, 0.25) is 5.91 Å². The highest BCUT2D eigenvalue weighted by Gasteiger charge is 2.52. The molecule has 0 aromatic heterocycles. The lowest BCUT2D eigenvalue weighted by molar-refractivity contribution is -0.136. The molecule has 4 fully saturated rings. The molecular weight excluding hydrogens is 330 g/mol. The maximum Gasteiger partial charge on any atom is 0.325 e. The molecule has 4 amide bonds. The van der Waals surface area contributed by atoms with Crippen molar-refractivity contribution in [3.8, 4) is 0 Å². The van der Waals surface area contributed by atoms with Crippen LogP contribution in [0.3, 0.4) is 0 Å². The van der Waals surface area contributed by atoms with E-state index in [2.05, 4.69) is 24.5 Å². The monoisotopic (exact) mass is 361 g/mol. The van der Waals surface area contributed by atoms with Gasteiger partial charge in [0.25, 0.3) is 5.91 Å². The molecule has 4 aliphatic rings. The Labute approximate surface area is 155 Å². The number of hydrogen-bond acceptors (Lipinski definition) is 3. The predicted molar refractivity (Wildman–Crippen MR) is 97.2 cm³/mol. The van der Waals surface area contributed by atoms with Crippen molar-refractivity contribution in [3.05, 3.63) is 0 Å². The predicted octanol–water partition coefficient (Wildman–Crippen LogP) is 2.43. The van der Waals surface area contributed by atoms with Crippen LogP contribution in [-0.4, -0.2) is 40.9 Å². The van der Waals surface area contributed by atoms with Gasteiger partial charge in [0.15, 0.2) is 0 Å². The minimum Gasteiger partial charge on any atom is -0.352 e. The van der Waals surface area contributed by atoms with Crippen LogP contribution in [0.1, 0.15) is 65.2 Å². The van der Waals surface area contributed by atoms with Crippen molar-refractivity contribution >= 4 is 17.8 Å². The van der Waals surface area contributed by atoms with E-state index in [4.69, 9.17) is 0 Å². The van der Waals surface area contributed by atoms with Gasteiger partial charge in [-0.3, -0.25) is 14.5 Å². The van der Waals surface area contributed by atoms with Crippen LogP contribution in [-0.2, 0) is 9.59 Å². The highest BCUT2D eigenvalue weighted by molar-refractivity contribution is 6.09. The molecule has 0 radical (unpaired) electrons. The summed E-state index contributed by atoms with van der Waals surface area (Å²) in [5.41, 5.74) is -0.764. The molecule has 0 unspecified atom stereocenters. The number of amides is 4. The summed E-state index contributed by atoms with van der Waals surface area (Å²) in [5, 5.41) is 5.94. The number of rotatable bonds is 4. The standard InChI is InChI=1S/C20H31N3O3/c1-12-5-7-20(8-6-12)18(25)23(19(26)22-20)11-17(24)21-13(2)16-10-14-3-4-15(16)9-14/h12-16H,3-11H2,1-2H3,(H,21,24)(H,22,26)/t12?,13-,14-,15-,16-,20?/m0/s1. The van der Waals surface area contributed by atoms with Gasteiger partial charge >= 0.3 is 6.03 Å². The second-order valence-corrected chi connectivity index (χ2v) is 9.28. The third-order valence-electron chi connectivity index (χ3n) is 7.50. The molecule has 26 heavy (non-hydrogen) atoms. The molecule has 4 atom stereocenters. The molecule has 6 nitrogen and oxygen atoms in total. The zero-order valence-electron chi connectivity index (χ0n) is 15.9. The molecule has 3 aliphatic carbocycles. The van der Waals surface area contributed by atoms with E-state index in [9.17, 15) is 14.4 Å². The van der Waals surface area contributed by atoms with E-state index in [-0.39, 0.29) is 24.4 Å². The van der Waals surface area contributed by atoms with Gasteiger partial charge in [0.05, 0.1) is 0 Å². The van der Waals surface area contributed by atoms with Crippen LogP contribution in [0.25, 0.3) is 0 Å². The van der Waals surface area contributed by atoms with Gasteiger partial charge in [0, 0.05) is 6.04 Å². The van der Waals surface area contributed by atoms with Crippen LogP contribution in [0.15, 0.2) is 0 Å². The Bertz CT molecular complexity index is 611. The van der Waals surface area contributed by atoms with Gasteiger partial charge in [-0.15, -0.1) is 0 Å². The fourth-order valence-electron chi connectivity index (χ4n) is 5.87. The fourth-order valence-corrected chi connectivity index (χ4v) is 5.87. The Kier molecular flexibility index (Phi) is 4.48. The first kappa shape index (κ1) is 17.8. The van der Waals surface area contributed by atoms with Crippen molar-refractivity contribution in [2.45, 2.75) is 76.8 Å². The van der Waals surface area contributed by atoms with Crippen LogP contribution in [0.2, 0.25) is 0 Å². The second-order valence-electron chi connectivity index (χ2n) is 9.28. The Morgan fingerprint density at radius 2 is 1.96 bits per heavy atom. The van der Waals surface area contributed by atoms with Crippen molar-refractivity contribution in [3.63, 3.8) is 0 Å². The topological polar surface area (TPSA) is 78.5 Å². The highest BCUT2D eigenvalue weighted by atomic mass is 16.2. The Balaban J connectivity index is 1.34. The molecule has 0 aromatic rings. The number of fused-ring (bicyclic) bond motifs is 2. The Morgan fingerprint density at radius 3 is 2.58 bits per heavy atom. The van der Waals surface area contributed by atoms with Crippen molar-refractivity contribution in [2.75, 3.05) is 6.54 Å². The smallest absolute Gasteiger partial charge is 0.325 e. The largest absolute Gasteiger partial charge is 0.352 e. The first-order valence-corrected chi connectivity index (χ1v) is 10.3. The molecule has 2 bridgehead atoms. The van der Waals surface area contributed by atoms with Gasteiger partial charge in [-0.1, -0.05) is 13.3 Å². The summed E-state index contributed by atoms with van der Waals surface area (Å²) < 4.78 is 0. The van der Waals surface area contributed by atoms with Gasteiger partial charge in [-0.2, -0.15) is 0 Å². The van der Waals surface area contributed by atoms with Crippen molar-refractivity contribution in [2.24, 2.45) is 23.7 Å². The lowest BCUT2D eigenvalue weighted by atomic mass is 9.77. The highest BCUT2D eigenvalue weighted by Crippen LogP contribution is 2.49. The summed E-state index contributed by atoms with van der Waals surface area (Å²) in [5.74, 6) is 2.28. The van der Waals surface area contributed by atoms with E-state index in [1.807, 2.05) is 0 Å². The molecule has 4 rings (SSSR count). The minimum atomic E-state index is -0.764. The number of hydrogen-bond donors (Lipinski definition) is 2. The summed E-state index contributed by atoms with van der Waals surface area (Å²) >= 11 is 0. The van der Waals surface area contributed by atoms with E-state index in [0.29, 0.717) is 24.7 Å². The van der Waals surface area contributed by atoms with E-state index in [1.54, 1.807) is 0 Å². The molecule has 3 saturated carbocycles. The van der Waals surface area contributed by atoms with Gasteiger partial charge < -0.3 is 10.6 Å². The molecule has 144 valence electrons. The van der Waals surface area contributed by atoms with Crippen LogP contribution in [0.5, 0.6) is 0 Å². The number of carbonyl (C=O) groups excluding carboxylic acids is 3. The average molecular weight is 361 g/mol. The molecular formula is C20H31N3O3. The number of nitrogens with zero attached hydrogens (tertiary/aromatic N) is 1. The van der Waals surface area contributed by atoms with Crippen LogP contribution in [0.4, 0.5) is 4.79 Å². The van der Waals surface area contributed by atoms with Gasteiger partial charge in [0.1, 0.15) is 12.1 Å². The van der Waals surface area contributed by atoms with Gasteiger partial charge in [-0.05, 0) is 75.5 Å². The molecule has 1 saturated heterocycles. The normalized spacial score (nSPS) is 40.2. The summed E-state index contributed by atoms with van der Waals surface area (Å²) in [6, 6.07) is -0.296. The van der Waals surface area contributed by atoms with Gasteiger partial charge in [-0.25, -0.2) is 4.79 Å². The number of nitrogens with one attached hydrogen (secondary N) is 2. The maximum absolute atomic E-state index is 12.8. The number of imide groups is 1. The van der Waals surface area contributed by atoms with Crippen molar-refractivity contribution < 1.29 is 14.4 Å². The zero-order chi connectivity index (χ0) is 18.5. The second kappa shape index (κ2) is 6.54. The Morgan fingerprint density at radius 1 is 1.23 bits per heavy atom. The van der Waals surface area contributed by atoms with E-state index >= 15 is 0 Å². The van der Waals surface area contributed by atoms with E-state index in [1.165, 1.54) is 25.7 Å². The Hall–Kier alpha value is -1.59. The molecule has 1 aliphatic heterocycles. The van der Waals surface area contributed by atoms with Crippen LogP contribution < -0.4 is 10.6 Å². The summed E-state index contributed by atoms with van der Waals surface area (Å²) in [7, 11) is 0. The summed E-state index contributed by atoms with van der Waals surface area (Å²) in [6.45, 7) is 4.09. The first-order chi connectivity index (χ1) is 12.4.